The number of ether oxygens (including phenoxy) is 2. The van der Waals surface area contributed by atoms with E-state index in [1.807, 2.05) is 13.8 Å². The number of rotatable bonds is 5. The predicted octanol–water partition coefficient (Wildman–Crippen LogP) is 1.16. The van der Waals surface area contributed by atoms with Gasteiger partial charge in [-0.2, -0.15) is 0 Å². The molecule has 0 amide bonds. The van der Waals surface area contributed by atoms with Gasteiger partial charge < -0.3 is 14.6 Å². The van der Waals surface area contributed by atoms with E-state index >= 15 is 0 Å². The van der Waals surface area contributed by atoms with Crippen LogP contribution in [0.3, 0.4) is 0 Å². The first-order chi connectivity index (χ1) is 5.02. The smallest absolute Gasteiger partial charge is 0.185 e. The van der Waals surface area contributed by atoms with Gasteiger partial charge in [-0.25, -0.2) is 0 Å². The lowest BCUT2D eigenvalue weighted by atomic mass is 10.1. The number of aliphatic hydroxyl groups is 1. The minimum atomic E-state index is -0.925. The molecule has 0 aromatic carbocycles. The lowest BCUT2D eigenvalue weighted by molar-refractivity contribution is -0.222. The van der Waals surface area contributed by atoms with Crippen LogP contribution in [0.1, 0.15) is 27.7 Å². The van der Waals surface area contributed by atoms with Crippen LogP contribution in [0.25, 0.3) is 0 Å². The molecule has 0 heterocycles. The molecule has 0 saturated heterocycles. The van der Waals surface area contributed by atoms with Gasteiger partial charge in [-0.15, -0.1) is 0 Å². The Morgan fingerprint density at radius 3 is 1.73 bits per heavy atom. The monoisotopic (exact) mass is 162 g/mol. The molecule has 1 N–H and O–H groups in total. The lowest BCUT2D eigenvalue weighted by Gasteiger charge is -2.28. The van der Waals surface area contributed by atoms with Crippen molar-refractivity contribution >= 4 is 0 Å². The quantitative estimate of drug-likeness (QED) is 0.616. The Balaban J connectivity index is 3.88. The highest BCUT2D eigenvalue weighted by atomic mass is 16.7. The van der Waals surface area contributed by atoms with Crippen LogP contribution in [0.4, 0.5) is 0 Å². The fraction of sp³-hybridized carbons (Fsp3) is 1.00. The maximum Gasteiger partial charge on any atom is 0.185 e. The molecular formula is C8H18O3. The van der Waals surface area contributed by atoms with Crippen molar-refractivity contribution in [2.24, 2.45) is 0 Å². The summed E-state index contributed by atoms with van der Waals surface area (Å²) in [5.41, 5.74) is -0.925. The van der Waals surface area contributed by atoms with Crippen LogP contribution in [0.15, 0.2) is 0 Å². The van der Waals surface area contributed by atoms with E-state index in [0.717, 1.165) is 0 Å². The topological polar surface area (TPSA) is 38.7 Å². The van der Waals surface area contributed by atoms with E-state index < -0.39 is 11.9 Å². The number of hydrogen-bond acceptors (Lipinski definition) is 3. The molecule has 3 nitrogen and oxygen atoms in total. The van der Waals surface area contributed by atoms with E-state index in [4.69, 9.17) is 9.47 Å². The van der Waals surface area contributed by atoms with Crippen LogP contribution in [0.5, 0.6) is 0 Å². The Morgan fingerprint density at radius 2 is 1.55 bits per heavy atom. The summed E-state index contributed by atoms with van der Waals surface area (Å²) >= 11 is 0. The van der Waals surface area contributed by atoms with E-state index in [1.165, 1.54) is 0 Å². The normalized spacial score (nSPS) is 12.5. The van der Waals surface area contributed by atoms with E-state index in [-0.39, 0.29) is 0 Å². The summed E-state index contributed by atoms with van der Waals surface area (Å²) in [6.07, 6.45) is -0.516. The first-order valence-corrected chi connectivity index (χ1v) is 3.98. The third kappa shape index (κ3) is 4.35. The first-order valence-electron chi connectivity index (χ1n) is 3.98. The van der Waals surface area contributed by atoms with Crippen molar-refractivity contribution < 1.29 is 14.6 Å². The van der Waals surface area contributed by atoms with Gasteiger partial charge in [0.25, 0.3) is 0 Å². The zero-order valence-corrected chi connectivity index (χ0v) is 7.76. The maximum atomic E-state index is 9.49. The largest absolute Gasteiger partial charge is 0.385 e. The molecule has 11 heavy (non-hydrogen) atoms. The van der Waals surface area contributed by atoms with Gasteiger partial charge >= 0.3 is 0 Å². The second-order valence-electron chi connectivity index (χ2n) is 2.90. The summed E-state index contributed by atoms with van der Waals surface area (Å²) in [4.78, 5) is 0. The summed E-state index contributed by atoms with van der Waals surface area (Å²) in [7, 11) is 0. The summed E-state index contributed by atoms with van der Waals surface area (Å²) < 4.78 is 10.3. The minimum absolute atomic E-state index is 0.516. The molecule has 0 spiro atoms. The van der Waals surface area contributed by atoms with Gasteiger partial charge in [0.2, 0.25) is 0 Å². The minimum Gasteiger partial charge on any atom is -0.385 e. The highest BCUT2D eigenvalue weighted by Gasteiger charge is 2.27. The molecule has 0 radical (unpaired) electrons. The molecule has 0 saturated carbocycles. The van der Waals surface area contributed by atoms with Crippen molar-refractivity contribution in [3.8, 4) is 0 Å². The van der Waals surface area contributed by atoms with E-state index in [1.54, 1.807) is 13.8 Å². The Kier molecular flexibility index (Phi) is 4.65. The Morgan fingerprint density at radius 1 is 1.18 bits per heavy atom. The third-order valence-electron chi connectivity index (χ3n) is 1.21. The van der Waals surface area contributed by atoms with E-state index in [0.29, 0.717) is 13.2 Å². The van der Waals surface area contributed by atoms with Crippen molar-refractivity contribution in [3.05, 3.63) is 0 Å². The average molecular weight is 162 g/mol. The molecule has 0 aromatic heterocycles. The Bertz CT molecular complexity index is 90.0. The lowest BCUT2D eigenvalue weighted by Crippen LogP contribution is -2.40. The molecule has 0 atom stereocenters. The molecule has 0 bridgehead atoms. The SMILES string of the molecule is CCOC(OCC)C(C)(C)O. The number of hydrogen-bond donors (Lipinski definition) is 1. The van der Waals surface area contributed by atoms with Gasteiger partial charge in [0, 0.05) is 13.2 Å². The molecular weight excluding hydrogens is 144 g/mol. The van der Waals surface area contributed by atoms with Crippen LogP contribution in [0, 0.1) is 0 Å². The summed E-state index contributed by atoms with van der Waals surface area (Å²) in [5.74, 6) is 0. The maximum absolute atomic E-state index is 9.49. The van der Waals surface area contributed by atoms with Gasteiger partial charge in [0.05, 0.1) is 0 Å². The molecule has 0 unspecified atom stereocenters. The van der Waals surface area contributed by atoms with E-state index in [2.05, 4.69) is 0 Å². The van der Waals surface area contributed by atoms with E-state index in [9.17, 15) is 5.11 Å². The van der Waals surface area contributed by atoms with Crippen molar-refractivity contribution in [1.82, 2.24) is 0 Å². The summed E-state index contributed by atoms with van der Waals surface area (Å²) in [6, 6.07) is 0. The van der Waals surface area contributed by atoms with Crippen molar-refractivity contribution in [3.63, 3.8) is 0 Å². The fourth-order valence-corrected chi connectivity index (χ4v) is 0.759. The second kappa shape index (κ2) is 4.70. The summed E-state index contributed by atoms with van der Waals surface area (Å²) in [6.45, 7) is 8.19. The molecule has 0 fully saturated rings. The first kappa shape index (κ1) is 10.9. The van der Waals surface area contributed by atoms with Gasteiger partial charge in [-0.1, -0.05) is 0 Å². The van der Waals surface area contributed by atoms with Gasteiger partial charge in [-0.05, 0) is 27.7 Å². The molecule has 0 rings (SSSR count). The highest BCUT2D eigenvalue weighted by Crippen LogP contribution is 2.13. The van der Waals surface area contributed by atoms with Gasteiger partial charge in [0.1, 0.15) is 5.60 Å². The average Bonchev–Trinajstić information content (AvgIpc) is 1.85. The van der Waals surface area contributed by atoms with Crippen molar-refractivity contribution in [2.75, 3.05) is 13.2 Å². The van der Waals surface area contributed by atoms with Crippen LogP contribution < -0.4 is 0 Å². The molecule has 68 valence electrons. The summed E-state index contributed by atoms with van der Waals surface area (Å²) in [5, 5.41) is 9.49. The third-order valence-corrected chi connectivity index (χ3v) is 1.21. The molecule has 3 heteroatoms. The van der Waals surface area contributed by atoms with Crippen LogP contribution in [-0.4, -0.2) is 30.2 Å². The highest BCUT2D eigenvalue weighted by molar-refractivity contribution is 4.69. The molecule has 0 aliphatic carbocycles. The predicted molar refractivity (Wildman–Crippen MR) is 43.3 cm³/mol. The van der Waals surface area contributed by atoms with Gasteiger partial charge in [0.15, 0.2) is 6.29 Å². The molecule has 0 aromatic rings. The standard InChI is InChI=1S/C8H18O3/c1-5-10-7(11-6-2)8(3,4)9/h7,9H,5-6H2,1-4H3. The van der Waals surface area contributed by atoms with Crippen LogP contribution in [0.2, 0.25) is 0 Å². The second-order valence-corrected chi connectivity index (χ2v) is 2.90. The zero-order chi connectivity index (χ0) is 8.91. The Labute approximate surface area is 68.3 Å². The van der Waals surface area contributed by atoms with Gasteiger partial charge in [-0.3, -0.25) is 0 Å². The van der Waals surface area contributed by atoms with Crippen molar-refractivity contribution in [1.29, 1.82) is 0 Å². The Hall–Kier alpha value is -0.120. The van der Waals surface area contributed by atoms with Crippen LogP contribution >= 0.6 is 0 Å². The van der Waals surface area contributed by atoms with Crippen molar-refractivity contribution in [2.45, 2.75) is 39.6 Å². The molecule has 0 aliphatic heterocycles. The zero-order valence-electron chi connectivity index (χ0n) is 7.76. The fourth-order valence-electron chi connectivity index (χ4n) is 0.759. The van der Waals surface area contributed by atoms with Crippen LogP contribution in [-0.2, 0) is 9.47 Å². The molecule has 0 aliphatic rings.